The summed E-state index contributed by atoms with van der Waals surface area (Å²) >= 11 is 0. The van der Waals surface area contributed by atoms with Crippen LogP contribution in [0.3, 0.4) is 0 Å². The third-order valence-electron chi connectivity index (χ3n) is 2.56. The normalized spacial score (nSPS) is 12.1. The summed E-state index contributed by atoms with van der Waals surface area (Å²) in [6.45, 7) is 6.19. The first-order valence-electron chi connectivity index (χ1n) is 6.01. The lowest BCUT2D eigenvalue weighted by atomic mass is 10.1. The highest BCUT2D eigenvalue weighted by molar-refractivity contribution is 5.37. The lowest BCUT2D eigenvalue weighted by molar-refractivity contribution is -0.133. The van der Waals surface area contributed by atoms with Crippen molar-refractivity contribution in [2.45, 2.75) is 64.4 Å². The van der Waals surface area contributed by atoms with Gasteiger partial charge in [-0.15, -0.1) is 6.58 Å². The van der Waals surface area contributed by atoms with E-state index >= 15 is 0 Å². The molecule has 0 aliphatic carbocycles. The molecule has 15 heavy (non-hydrogen) atoms. The molecule has 2 nitrogen and oxygen atoms in total. The standard InChI is InChI=1S/C13H24O2/c1-3-4-5-6-7-8-9-10-11-13(2)15-12-14/h3,12-13H,1,4-11H2,2H3/t13-/m1/s1. The van der Waals surface area contributed by atoms with Crippen LogP contribution in [-0.4, -0.2) is 12.6 Å². The van der Waals surface area contributed by atoms with Gasteiger partial charge in [-0.25, -0.2) is 0 Å². The number of carbonyl (C=O) groups is 1. The summed E-state index contributed by atoms with van der Waals surface area (Å²) in [5, 5.41) is 0. The quantitative estimate of drug-likeness (QED) is 0.295. The van der Waals surface area contributed by atoms with E-state index in [0.717, 1.165) is 19.3 Å². The Balaban J connectivity index is 3.04. The van der Waals surface area contributed by atoms with Crippen molar-refractivity contribution >= 4 is 6.47 Å². The van der Waals surface area contributed by atoms with Gasteiger partial charge in [0.15, 0.2) is 0 Å². The SMILES string of the molecule is C=CCCCCCCCC[C@@H](C)OC=O. The zero-order valence-corrected chi connectivity index (χ0v) is 9.91. The highest BCUT2D eigenvalue weighted by atomic mass is 16.5. The zero-order chi connectivity index (χ0) is 11.4. The third-order valence-corrected chi connectivity index (χ3v) is 2.56. The highest BCUT2D eigenvalue weighted by Crippen LogP contribution is 2.10. The van der Waals surface area contributed by atoms with Crippen LogP contribution in [0.2, 0.25) is 0 Å². The molecule has 0 fully saturated rings. The van der Waals surface area contributed by atoms with Crippen molar-refractivity contribution in [2.75, 3.05) is 0 Å². The van der Waals surface area contributed by atoms with Gasteiger partial charge >= 0.3 is 0 Å². The van der Waals surface area contributed by atoms with E-state index in [1.54, 1.807) is 0 Å². The molecule has 1 atom stereocenters. The van der Waals surface area contributed by atoms with Gasteiger partial charge in [0.2, 0.25) is 0 Å². The summed E-state index contributed by atoms with van der Waals surface area (Å²) in [7, 11) is 0. The predicted molar refractivity (Wildman–Crippen MR) is 63.7 cm³/mol. The van der Waals surface area contributed by atoms with Gasteiger partial charge in [-0.05, 0) is 32.6 Å². The molecular weight excluding hydrogens is 188 g/mol. The van der Waals surface area contributed by atoms with Gasteiger partial charge in [0, 0.05) is 0 Å². The summed E-state index contributed by atoms with van der Waals surface area (Å²) in [6.07, 6.45) is 11.8. The van der Waals surface area contributed by atoms with E-state index in [1.807, 2.05) is 13.0 Å². The van der Waals surface area contributed by atoms with Gasteiger partial charge in [0.05, 0.1) is 6.10 Å². The van der Waals surface area contributed by atoms with E-state index in [-0.39, 0.29) is 6.10 Å². The van der Waals surface area contributed by atoms with Gasteiger partial charge in [-0.1, -0.05) is 31.8 Å². The van der Waals surface area contributed by atoms with Crippen molar-refractivity contribution in [1.82, 2.24) is 0 Å². The molecule has 0 spiro atoms. The number of unbranched alkanes of at least 4 members (excludes halogenated alkanes) is 6. The second kappa shape index (κ2) is 11.3. The van der Waals surface area contributed by atoms with Gasteiger partial charge in [-0.2, -0.15) is 0 Å². The smallest absolute Gasteiger partial charge is 0.293 e. The second-order valence-corrected chi connectivity index (χ2v) is 4.03. The molecule has 0 aliphatic rings. The van der Waals surface area contributed by atoms with Crippen LogP contribution in [-0.2, 0) is 9.53 Å². The molecule has 0 saturated heterocycles. The van der Waals surface area contributed by atoms with Crippen molar-refractivity contribution < 1.29 is 9.53 Å². The fourth-order valence-corrected chi connectivity index (χ4v) is 1.59. The first kappa shape index (κ1) is 14.2. The van der Waals surface area contributed by atoms with E-state index in [2.05, 4.69) is 6.58 Å². The van der Waals surface area contributed by atoms with Gasteiger partial charge < -0.3 is 4.74 Å². The monoisotopic (exact) mass is 212 g/mol. The van der Waals surface area contributed by atoms with E-state index < -0.39 is 0 Å². The lowest BCUT2D eigenvalue weighted by Crippen LogP contribution is -2.05. The molecule has 0 bridgehead atoms. The number of ether oxygens (including phenoxy) is 1. The average Bonchev–Trinajstić information content (AvgIpc) is 2.22. The number of hydrogen-bond donors (Lipinski definition) is 0. The van der Waals surface area contributed by atoms with Gasteiger partial charge in [0.25, 0.3) is 6.47 Å². The maximum atomic E-state index is 10.0. The predicted octanol–water partition coefficient (Wildman–Crippen LogP) is 3.85. The molecule has 0 rings (SSSR count). The largest absolute Gasteiger partial charge is 0.465 e. The van der Waals surface area contributed by atoms with Crippen molar-refractivity contribution in [3.05, 3.63) is 12.7 Å². The number of carbonyl (C=O) groups excluding carboxylic acids is 1. The minimum atomic E-state index is 0.0864. The summed E-state index contributed by atoms with van der Waals surface area (Å²) in [5.41, 5.74) is 0. The minimum absolute atomic E-state index is 0.0864. The van der Waals surface area contributed by atoms with Crippen molar-refractivity contribution in [3.63, 3.8) is 0 Å². The van der Waals surface area contributed by atoms with Crippen LogP contribution in [0.5, 0.6) is 0 Å². The Kier molecular flexibility index (Phi) is 10.7. The van der Waals surface area contributed by atoms with Crippen LogP contribution in [0.4, 0.5) is 0 Å². The maximum Gasteiger partial charge on any atom is 0.293 e. The average molecular weight is 212 g/mol. The molecule has 0 aromatic carbocycles. The zero-order valence-electron chi connectivity index (χ0n) is 9.91. The Morgan fingerprint density at radius 3 is 2.33 bits per heavy atom. The lowest BCUT2D eigenvalue weighted by Gasteiger charge is -2.08. The summed E-state index contributed by atoms with van der Waals surface area (Å²) in [6, 6.07) is 0. The highest BCUT2D eigenvalue weighted by Gasteiger charge is 2.00. The molecular formula is C13H24O2. The molecule has 2 heteroatoms. The summed E-state index contributed by atoms with van der Waals surface area (Å²) < 4.78 is 4.81. The van der Waals surface area contributed by atoms with Gasteiger partial charge in [-0.3, -0.25) is 4.79 Å². The van der Waals surface area contributed by atoms with E-state index in [9.17, 15) is 4.79 Å². The van der Waals surface area contributed by atoms with E-state index in [1.165, 1.54) is 32.1 Å². The first-order chi connectivity index (χ1) is 7.31. The van der Waals surface area contributed by atoms with Crippen molar-refractivity contribution in [1.29, 1.82) is 0 Å². The molecule has 0 N–H and O–H groups in total. The van der Waals surface area contributed by atoms with E-state index in [0.29, 0.717) is 6.47 Å². The Labute approximate surface area is 93.7 Å². The molecule has 0 radical (unpaired) electrons. The fraction of sp³-hybridized carbons (Fsp3) is 0.769. The topological polar surface area (TPSA) is 26.3 Å². The Morgan fingerprint density at radius 2 is 1.73 bits per heavy atom. The Morgan fingerprint density at radius 1 is 1.13 bits per heavy atom. The molecule has 0 saturated carbocycles. The molecule has 88 valence electrons. The van der Waals surface area contributed by atoms with Crippen LogP contribution in [0.25, 0.3) is 0 Å². The Bertz CT molecular complexity index is 155. The minimum Gasteiger partial charge on any atom is -0.465 e. The summed E-state index contributed by atoms with van der Waals surface area (Å²) in [4.78, 5) is 10.0. The number of rotatable bonds is 11. The molecule has 0 amide bonds. The molecule has 0 aliphatic heterocycles. The first-order valence-corrected chi connectivity index (χ1v) is 6.01. The third kappa shape index (κ3) is 11.1. The molecule has 0 heterocycles. The van der Waals surface area contributed by atoms with E-state index in [4.69, 9.17) is 4.74 Å². The summed E-state index contributed by atoms with van der Waals surface area (Å²) in [5.74, 6) is 0. The van der Waals surface area contributed by atoms with Crippen LogP contribution in [0.1, 0.15) is 58.3 Å². The van der Waals surface area contributed by atoms with Gasteiger partial charge in [0.1, 0.15) is 0 Å². The Hall–Kier alpha value is -0.790. The van der Waals surface area contributed by atoms with Crippen LogP contribution >= 0.6 is 0 Å². The second-order valence-electron chi connectivity index (χ2n) is 4.03. The molecule has 0 aromatic heterocycles. The van der Waals surface area contributed by atoms with Crippen LogP contribution < -0.4 is 0 Å². The van der Waals surface area contributed by atoms with Crippen LogP contribution in [0.15, 0.2) is 12.7 Å². The van der Waals surface area contributed by atoms with Crippen molar-refractivity contribution in [3.8, 4) is 0 Å². The van der Waals surface area contributed by atoms with Crippen molar-refractivity contribution in [2.24, 2.45) is 0 Å². The molecule has 0 aromatic rings. The number of allylic oxidation sites excluding steroid dienone is 1. The number of hydrogen-bond acceptors (Lipinski definition) is 2. The molecule has 0 unspecified atom stereocenters. The maximum absolute atomic E-state index is 10.0. The fourth-order valence-electron chi connectivity index (χ4n) is 1.59. The van der Waals surface area contributed by atoms with Crippen LogP contribution in [0, 0.1) is 0 Å².